The van der Waals surface area contributed by atoms with Crippen molar-refractivity contribution in [2.24, 2.45) is 0 Å². The second-order valence-electron chi connectivity index (χ2n) is 6.94. The van der Waals surface area contributed by atoms with Gasteiger partial charge in [0.1, 0.15) is 11.3 Å². The summed E-state index contributed by atoms with van der Waals surface area (Å²) in [4.78, 5) is 28.1. The van der Waals surface area contributed by atoms with Crippen LogP contribution in [0.4, 0.5) is 0 Å². The van der Waals surface area contributed by atoms with Gasteiger partial charge in [0.2, 0.25) is 0 Å². The van der Waals surface area contributed by atoms with Gasteiger partial charge in [0.05, 0.1) is 12.2 Å². The third-order valence-corrected chi connectivity index (χ3v) is 3.63. The maximum atomic E-state index is 12.5. The molecule has 0 fully saturated rings. The van der Waals surface area contributed by atoms with E-state index in [4.69, 9.17) is 9.47 Å². The number of H-pyrrole nitrogens is 1. The third kappa shape index (κ3) is 6.20. The summed E-state index contributed by atoms with van der Waals surface area (Å²) in [7, 11) is 0. The van der Waals surface area contributed by atoms with E-state index < -0.39 is 17.5 Å². The van der Waals surface area contributed by atoms with E-state index in [1.807, 2.05) is 27.7 Å². The summed E-state index contributed by atoms with van der Waals surface area (Å²) in [5.74, 6) is -0.854. The van der Waals surface area contributed by atoms with E-state index in [0.717, 1.165) is 19.4 Å². The predicted octanol–water partition coefficient (Wildman–Crippen LogP) is 3.60. The Morgan fingerprint density at radius 1 is 1.12 bits per heavy atom. The number of esters is 2. The second kappa shape index (κ2) is 9.61. The van der Waals surface area contributed by atoms with Crippen molar-refractivity contribution in [2.45, 2.75) is 73.0 Å². The molecule has 0 amide bonds. The third-order valence-electron chi connectivity index (χ3n) is 3.63. The monoisotopic (exact) mass is 352 g/mol. The van der Waals surface area contributed by atoms with Crippen molar-refractivity contribution >= 4 is 11.9 Å². The lowest BCUT2D eigenvalue weighted by molar-refractivity contribution is 0.00622. The van der Waals surface area contributed by atoms with E-state index in [1.54, 1.807) is 6.92 Å². The standard InChI is InChI=1S/C19H32N2O4/c1-7-10-11-20-12-14-15(17(22)24-9-3)13(8-2)16(21-14)18(23)25-19(4,5)6/h20-21H,7-12H2,1-6H3. The number of carbonyl (C=O) groups is 2. The molecular weight excluding hydrogens is 320 g/mol. The Hall–Kier alpha value is -1.82. The number of aromatic amines is 1. The van der Waals surface area contributed by atoms with Crippen molar-refractivity contribution in [1.82, 2.24) is 10.3 Å². The van der Waals surface area contributed by atoms with Crippen molar-refractivity contribution < 1.29 is 19.1 Å². The Kier molecular flexibility index (Phi) is 8.16. The number of unbranched alkanes of at least 4 members (excludes halogenated alkanes) is 1. The summed E-state index contributed by atoms with van der Waals surface area (Å²) in [6.07, 6.45) is 2.68. The van der Waals surface area contributed by atoms with Crippen molar-refractivity contribution in [3.05, 3.63) is 22.5 Å². The van der Waals surface area contributed by atoms with Crippen LogP contribution >= 0.6 is 0 Å². The largest absolute Gasteiger partial charge is 0.462 e. The topological polar surface area (TPSA) is 80.4 Å². The molecule has 0 bridgehead atoms. The zero-order valence-electron chi connectivity index (χ0n) is 16.4. The smallest absolute Gasteiger partial charge is 0.355 e. The van der Waals surface area contributed by atoms with E-state index in [2.05, 4.69) is 17.2 Å². The molecule has 0 radical (unpaired) electrons. The molecule has 0 aromatic carbocycles. The Bertz CT molecular complexity index is 585. The molecule has 142 valence electrons. The van der Waals surface area contributed by atoms with Crippen LogP contribution in [0.15, 0.2) is 0 Å². The normalized spacial score (nSPS) is 11.4. The van der Waals surface area contributed by atoms with E-state index in [0.29, 0.717) is 35.5 Å². The molecule has 1 heterocycles. The molecule has 1 aromatic rings. The number of rotatable bonds is 9. The van der Waals surface area contributed by atoms with Crippen LogP contribution in [0.3, 0.4) is 0 Å². The van der Waals surface area contributed by atoms with Gasteiger partial charge in [0, 0.05) is 12.2 Å². The highest BCUT2D eigenvalue weighted by molar-refractivity contribution is 5.98. The van der Waals surface area contributed by atoms with Crippen LogP contribution in [0.2, 0.25) is 0 Å². The Morgan fingerprint density at radius 2 is 1.80 bits per heavy atom. The lowest BCUT2D eigenvalue weighted by Crippen LogP contribution is -2.24. The molecule has 6 heteroatoms. The molecule has 2 N–H and O–H groups in total. The van der Waals surface area contributed by atoms with Gasteiger partial charge in [-0.05, 0) is 52.6 Å². The molecule has 6 nitrogen and oxygen atoms in total. The fourth-order valence-corrected chi connectivity index (χ4v) is 2.55. The first-order chi connectivity index (χ1) is 11.7. The zero-order valence-corrected chi connectivity index (χ0v) is 16.4. The molecule has 1 aromatic heterocycles. The van der Waals surface area contributed by atoms with Gasteiger partial charge in [-0.3, -0.25) is 0 Å². The average molecular weight is 352 g/mol. The summed E-state index contributed by atoms with van der Waals surface area (Å²) in [6.45, 7) is 12.9. The lowest BCUT2D eigenvalue weighted by atomic mass is 10.1. The molecule has 0 aliphatic carbocycles. The molecule has 0 saturated carbocycles. The molecule has 1 rings (SSSR count). The highest BCUT2D eigenvalue weighted by Gasteiger charge is 2.28. The van der Waals surface area contributed by atoms with Crippen LogP contribution in [-0.4, -0.2) is 35.7 Å². The predicted molar refractivity (Wildman–Crippen MR) is 97.9 cm³/mol. The summed E-state index contributed by atoms with van der Waals surface area (Å²) < 4.78 is 10.7. The fraction of sp³-hybridized carbons (Fsp3) is 0.684. The van der Waals surface area contributed by atoms with Crippen LogP contribution in [0.5, 0.6) is 0 Å². The van der Waals surface area contributed by atoms with Gasteiger partial charge in [-0.1, -0.05) is 20.3 Å². The van der Waals surface area contributed by atoms with Crippen LogP contribution in [-0.2, 0) is 22.4 Å². The number of hydrogen-bond donors (Lipinski definition) is 2. The number of hydrogen-bond acceptors (Lipinski definition) is 5. The van der Waals surface area contributed by atoms with E-state index in [1.165, 1.54) is 0 Å². The van der Waals surface area contributed by atoms with Gasteiger partial charge in [-0.2, -0.15) is 0 Å². The maximum absolute atomic E-state index is 12.5. The van der Waals surface area contributed by atoms with E-state index in [9.17, 15) is 9.59 Å². The number of carbonyl (C=O) groups excluding carboxylic acids is 2. The van der Waals surface area contributed by atoms with Gasteiger partial charge >= 0.3 is 11.9 Å². The molecule has 0 aliphatic rings. The van der Waals surface area contributed by atoms with Crippen LogP contribution in [0.1, 0.15) is 86.5 Å². The Labute approximate surface area is 150 Å². The molecule has 0 aliphatic heterocycles. The molecular formula is C19H32N2O4. The first kappa shape index (κ1) is 21.2. The maximum Gasteiger partial charge on any atom is 0.355 e. The van der Waals surface area contributed by atoms with E-state index >= 15 is 0 Å². The van der Waals surface area contributed by atoms with Gasteiger partial charge in [-0.15, -0.1) is 0 Å². The highest BCUT2D eigenvalue weighted by atomic mass is 16.6. The lowest BCUT2D eigenvalue weighted by Gasteiger charge is -2.19. The zero-order chi connectivity index (χ0) is 19.0. The minimum atomic E-state index is -0.600. The van der Waals surface area contributed by atoms with Crippen molar-refractivity contribution in [3.8, 4) is 0 Å². The van der Waals surface area contributed by atoms with Crippen molar-refractivity contribution in [3.63, 3.8) is 0 Å². The first-order valence-corrected chi connectivity index (χ1v) is 9.09. The molecule has 0 saturated heterocycles. The SMILES string of the molecule is CCCCNCc1[nH]c(C(=O)OC(C)(C)C)c(CC)c1C(=O)OCC. The van der Waals surface area contributed by atoms with Gasteiger partial charge in [-0.25, -0.2) is 9.59 Å². The molecule has 0 unspecified atom stereocenters. The van der Waals surface area contributed by atoms with Gasteiger partial charge in [0.25, 0.3) is 0 Å². The fourth-order valence-electron chi connectivity index (χ4n) is 2.55. The van der Waals surface area contributed by atoms with Gasteiger partial charge < -0.3 is 19.8 Å². The number of aromatic nitrogens is 1. The van der Waals surface area contributed by atoms with E-state index in [-0.39, 0.29) is 6.61 Å². The van der Waals surface area contributed by atoms with Gasteiger partial charge in [0.15, 0.2) is 0 Å². The van der Waals surface area contributed by atoms with Crippen LogP contribution in [0.25, 0.3) is 0 Å². The second-order valence-corrected chi connectivity index (χ2v) is 6.94. The Morgan fingerprint density at radius 3 is 2.32 bits per heavy atom. The average Bonchev–Trinajstić information content (AvgIpc) is 2.89. The molecule has 0 spiro atoms. The number of ether oxygens (including phenoxy) is 2. The summed E-state index contributed by atoms with van der Waals surface area (Å²) >= 11 is 0. The summed E-state index contributed by atoms with van der Waals surface area (Å²) in [6, 6.07) is 0. The van der Waals surface area contributed by atoms with Crippen molar-refractivity contribution in [2.75, 3.05) is 13.2 Å². The van der Waals surface area contributed by atoms with Crippen molar-refractivity contribution in [1.29, 1.82) is 0 Å². The minimum absolute atomic E-state index is 0.289. The first-order valence-electron chi connectivity index (χ1n) is 9.09. The highest BCUT2D eigenvalue weighted by Crippen LogP contribution is 2.24. The molecule has 0 atom stereocenters. The summed E-state index contributed by atoms with van der Waals surface area (Å²) in [5.41, 5.74) is 1.52. The van der Waals surface area contributed by atoms with Crippen LogP contribution in [0, 0.1) is 0 Å². The molecule has 25 heavy (non-hydrogen) atoms. The van der Waals surface area contributed by atoms with Crippen LogP contribution < -0.4 is 5.32 Å². The number of nitrogens with one attached hydrogen (secondary N) is 2. The minimum Gasteiger partial charge on any atom is -0.462 e. The Balaban J connectivity index is 3.20. The summed E-state index contributed by atoms with van der Waals surface area (Å²) in [5, 5.41) is 3.30. The quantitative estimate of drug-likeness (QED) is 0.524.